The van der Waals surface area contributed by atoms with Gasteiger partial charge in [-0.1, -0.05) is 25.1 Å². The molecule has 0 saturated carbocycles. The fraction of sp³-hybridized carbons (Fsp3) is 0.368. The molecule has 0 saturated heterocycles. The quantitative estimate of drug-likeness (QED) is 0.432. The van der Waals surface area contributed by atoms with Crippen LogP contribution in [-0.4, -0.2) is 38.0 Å². The number of halogens is 2. The topological polar surface area (TPSA) is 108 Å². The van der Waals surface area contributed by atoms with Crippen LogP contribution < -0.4 is 14.8 Å². The second-order valence-corrected chi connectivity index (χ2v) is 8.23. The molecule has 0 spiro atoms. The smallest absolute Gasteiger partial charge is 0.387 e. The summed E-state index contributed by atoms with van der Waals surface area (Å²) in [6.07, 6.45) is 0.671. The number of anilines is 1. The Morgan fingerprint density at radius 1 is 1.10 bits per heavy atom. The van der Waals surface area contributed by atoms with E-state index in [1.807, 2.05) is 6.92 Å². The van der Waals surface area contributed by atoms with Crippen molar-refractivity contribution in [1.29, 1.82) is 0 Å². The Morgan fingerprint density at radius 2 is 1.72 bits per heavy atom. The van der Waals surface area contributed by atoms with Crippen molar-refractivity contribution in [2.24, 2.45) is 0 Å². The van der Waals surface area contributed by atoms with Crippen LogP contribution in [0.4, 0.5) is 14.5 Å². The van der Waals surface area contributed by atoms with Gasteiger partial charge in [0, 0.05) is 12.6 Å². The second kappa shape index (κ2) is 9.86. The molecule has 1 unspecified atom stereocenters. The normalized spacial score (nSPS) is 13.9. The fourth-order valence-electron chi connectivity index (χ4n) is 2.79. The van der Waals surface area contributed by atoms with E-state index in [-0.39, 0.29) is 29.8 Å². The zero-order chi connectivity index (χ0) is 21.6. The molecule has 4 N–H and O–H groups in total. The number of aliphatic hydroxyl groups excluding tert-OH is 1. The van der Waals surface area contributed by atoms with Gasteiger partial charge in [0.1, 0.15) is 11.5 Å². The maximum absolute atomic E-state index is 12.2. The van der Waals surface area contributed by atoms with Crippen LogP contribution in [0.15, 0.2) is 42.5 Å². The summed E-state index contributed by atoms with van der Waals surface area (Å²) in [6.45, 7) is -0.803. The summed E-state index contributed by atoms with van der Waals surface area (Å²) in [5.41, 5.74) is 1.23. The van der Waals surface area contributed by atoms with Crippen LogP contribution >= 0.6 is 0 Å². The van der Waals surface area contributed by atoms with E-state index in [9.17, 15) is 27.4 Å². The summed E-state index contributed by atoms with van der Waals surface area (Å²) < 4.78 is 53.8. The van der Waals surface area contributed by atoms with Crippen LogP contribution in [0.3, 0.4) is 0 Å². The lowest BCUT2D eigenvalue weighted by Crippen LogP contribution is -2.26. The standard InChI is InChI=1S/C19H24F2N2O5S/c1-3-15(12-4-7-14(8-5-12)28-19(20)21)22-11-18(25)13-6-9-17(24)16(10-13)23-29(2,26)27/h4-10,15,18-19,22-25H,3,11H2,1-2H3/t15?,18-/m0/s1. The van der Waals surface area contributed by atoms with Crippen LogP contribution in [0, 0.1) is 0 Å². The molecular weight excluding hydrogens is 406 g/mol. The molecule has 0 aliphatic heterocycles. The number of benzene rings is 2. The molecule has 10 heteroatoms. The number of alkyl halides is 2. The first-order valence-corrected chi connectivity index (χ1v) is 10.7. The Morgan fingerprint density at radius 3 is 2.28 bits per heavy atom. The van der Waals surface area contributed by atoms with Gasteiger partial charge in [0.25, 0.3) is 0 Å². The third-order valence-corrected chi connectivity index (χ3v) is 4.76. The van der Waals surface area contributed by atoms with Crippen molar-refractivity contribution in [3.8, 4) is 11.5 Å². The predicted octanol–water partition coefficient (Wildman–Crippen LogP) is 3.14. The number of phenolic OH excluding ortho intramolecular Hbond substituents is 1. The van der Waals surface area contributed by atoms with E-state index in [0.717, 1.165) is 11.8 Å². The molecule has 0 aromatic heterocycles. The van der Waals surface area contributed by atoms with E-state index in [0.29, 0.717) is 12.0 Å². The van der Waals surface area contributed by atoms with Crippen molar-refractivity contribution >= 4 is 15.7 Å². The summed E-state index contributed by atoms with van der Waals surface area (Å²) in [4.78, 5) is 0. The number of rotatable bonds is 10. The molecule has 29 heavy (non-hydrogen) atoms. The number of sulfonamides is 1. The molecule has 0 bridgehead atoms. The number of hydrogen-bond donors (Lipinski definition) is 4. The Bertz CT molecular complexity index is 907. The van der Waals surface area contributed by atoms with Crippen molar-refractivity contribution in [3.63, 3.8) is 0 Å². The second-order valence-electron chi connectivity index (χ2n) is 6.48. The van der Waals surface area contributed by atoms with E-state index in [4.69, 9.17) is 0 Å². The van der Waals surface area contributed by atoms with Crippen LogP contribution in [0.1, 0.15) is 36.6 Å². The number of hydrogen-bond acceptors (Lipinski definition) is 6. The van der Waals surface area contributed by atoms with Gasteiger partial charge in [-0.2, -0.15) is 8.78 Å². The molecule has 0 fully saturated rings. The lowest BCUT2D eigenvalue weighted by molar-refractivity contribution is -0.0498. The van der Waals surface area contributed by atoms with Gasteiger partial charge in [-0.25, -0.2) is 8.42 Å². The lowest BCUT2D eigenvalue weighted by atomic mass is 10.0. The zero-order valence-corrected chi connectivity index (χ0v) is 16.8. The number of ether oxygens (including phenoxy) is 1. The lowest BCUT2D eigenvalue weighted by Gasteiger charge is -2.21. The number of nitrogens with one attached hydrogen (secondary N) is 2. The number of aromatic hydroxyl groups is 1. The van der Waals surface area contributed by atoms with Crippen LogP contribution in [0.2, 0.25) is 0 Å². The molecule has 0 aliphatic rings. The minimum Gasteiger partial charge on any atom is -0.506 e. The van der Waals surface area contributed by atoms with Crippen molar-refractivity contribution in [3.05, 3.63) is 53.6 Å². The Kier molecular flexibility index (Phi) is 7.77. The average molecular weight is 430 g/mol. The van der Waals surface area contributed by atoms with Gasteiger partial charge in [0.15, 0.2) is 0 Å². The minimum absolute atomic E-state index is 0.0225. The molecule has 0 amide bonds. The molecule has 2 rings (SSSR count). The molecular formula is C19H24F2N2O5S. The van der Waals surface area contributed by atoms with Gasteiger partial charge in [0.2, 0.25) is 10.0 Å². The van der Waals surface area contributed by atoms with Gasteiger partial charge >= 0.3 is 6.61 Å². The van der Waals surface area contributed by atoms with Crippen LogP contribution in [0.25, 0.3) is 0 Å². The Labute approximate surface area is 168 Å². The Hall–Kier alpha value is -2.43. The van der Waals surface area contributed by atoms with Crippen molar-refractivity contribution in [1.82, 2.24) is 5.32 Å². The van der Waals surface area contributed by atoms with E-state index >= 15 is 0 Å². The summed E-state index contributed by atoms with van der Waals surface area (Å²) in [7, 11) is -3.58. The van der Waals surface area contributed by atoms with Gasteiger partial charge in [-0.3, -0.25) is 4.72 Å². The summed E-state index contributed by atoms with van der Waals surface area (Å²) in [6, 6.07) is 10.2. The van der Waals surface area contributed by atoms with Gasteiger partial charge in [-0.05, 0) is 41.8 Å². The predicted molar refractivity (Wildman–Crippen MR) is 106 cm³/mol. The van der Waals surface area contributed by atoms with Crippen molar-refractivity contribution in [2.75, 3.05) is 17.5 Å². The SMILES string of the molecule is CCC(NC[C@H](O)c1ccc(O)c(NS(C)(=O)=O)c1)c1ccc(OC(F)F)cc1. The third-order valence-electron chi connectivity index (χ3n) is 4.17. The minimum atomic E-state index is -3.58. The molecule has 2 aromatic rings. The molecule has 0 radical (unpaired) electrons. The largest absolute Gasteiger partial charge is 0.506 e. The molecule has 0 aliphatic carbocycles. The van der Waals surface area contributed by atoms with Crippen LogP contribution in [0.5, 0.6) is 11.5 Å². The highest BCUT2D eigenvalue weighted by Gasteiger charge is 2.16. The first-order chi connectivity index (χ1) is 13.6. The maximum Gasteiger partial charge on any atom is 0.387 e. The van der Waals surface area contributed by atoms with E-state index in [1.165, 1.54) is 30.3 Å². The summed E-state index contributed by atoms with van der Waals surface area (Å²) >= 11 is 0. The highest BCUT2D eigenvalue weighted by molar-refractivity contribution is 7.92. The molecule has 2 atom stereocenters. The maximum atomic E-state index is 12.2. The van der Waals surface area contributed by atoms with Crippen LogP contribution in [-0.2, 0) is 10.0 Å². The van der Waals surface area contributed by atoms with E-state index < -0.39 is 22.7 Å². The van der Waals surface area contributed by atoms with E-state index in [2.05, 4.69) is 14.8 Å². The van der Waals surface area contributed by atoms with Gasteiger partial charge < -0.3 is 20.3 Å². The first kappa shape index (κ1) is 22.9. The monoisotopic (exact) mass is 430 g/mol. The fourth-order valence-corrected chi connectivity index (χ4v) is 3.36. The van der Waals surface area contributed by atoms with Crippen molar-refractivity contribution < 1.29 is 32.1 Å². The van der Waals surface area contributed by atoms with Gasteiger partial charge in [0.05, 0.1) is 18.0 Å². The zero-order valence-electron chi connectivity index (χ0n) is 16.0. The highest BCUT2D eigenvalue weighted by atomic mass is 32.2. The Balaban J connectivity index is 2.04. The molecule has 0 heterocycles. The summed E-state index contributed by atoms with van der Waals surface area (Å²) in [5, 5.41) is 23.4. The third kappa shape index (κ3) is 7.15. The van der Waals surface area contributed by atoms with Gasteiger partial charge in [-0.15, -0.1) is 0 Å². The summed E-state index contributed by atoms with van der Waals surface area (Å²) in [5.74, 6) is -0.189. The average Bonchev–Trinajstić information content (AvgIpc) is 2.63. The number of aliphatic hydroxyl groups is 1. The molecule has 2 aromatic carbocycles. The first-order valence-electron chi connectivity index (χ1n) is 8.86. The number of phenols is 1. The highest BCUT2D eigenvalue weighted by Crippen LogP contribution is 2.28. The van der Waals surface area contributed by atoms with E-state index in [1.54, 1.807) is 12.1 Å². The van der Waals surface area contributed by atoms with Crippen molar-refractivity contribution in [2.45, 2.75) is 32.1 Å². The molecule has 7 nitrogen and oxygen atoms in total. The molecule has 160 valence electrons.